The molecule has 1 aromatic carbocycles. The zero-order valence-corrected chi connectivity index (χ0v) is 23.6. The fourth-order valence-corrected chi connectivity index (χ4v) is 5.42. The van der Waals surface area contributed by atoms with E-state index in [1.165, 1.54) is 37.8 Å². The Labute approximate surface area is 239 Å². The number of hydrogen-bond donors (Lipinski definition) is 2. The van der Waals surface area contributed by atoms with Crippen LogP contribution in [0.5, 0.6) is 11.5 Å². The van der Waals surface area contributed by atoms with Crippen LogP contribution in [-0.4, -0.2) is 50.8 Å². The molecule has 0 saturated heterocycles. The van der Waals surface area contributed by atoms with Gasteiger partial charge in [0, 0.05) is 4.88 Å². The van der Waals surface area contributed by atoms with Gasteiger partial charge in [0.1, 0.15) is 17.4 Å². The molecule has 13 heteroatoms. The molecule has 1 aliphatic rings. The molecule has 2 aromatic heterocycles. The molecule has 0 unspecified atom stereocenters. The number of benzene rings is 1. The van der Waals surface area contributed by atoms with Gasteiger partial charge < -0.3 is 28.7 Å². The molecule has 0 fully saturated rings. The van der Waals surface area contributed by atoms with Gasteiger partial charge in [-0.2, -0.15) is 5.10 Å². The minimum Gasteiger partial charge on any atom is -0.493 e. The van der Waals surface area contributed by atoms with Gasteiger partial charge in [0.25, 0.3) is 0 Å². The van der Waals surface area contributed by atoms with Gasteiger partial charge in [0.15, 0.2) is 11.5 Å². The zero-order chi connectivity index (χ0) is 29.4. The fraction of sp³-hybridized carbons (Fsp3) is 0.321. The highest BCUT2D eigenvalue weighted by molar-refractivity contribution is 7.17. The molecule has 0 spiro atoms. The number of aryl methyl sites for hydroxylation is 1. The molecule has 12 nitrogen and oxygen atoms in total. The van der Waals surface area contributed by atoms with Crippen LogP contribution in [0.25, 0.3) is 0 Å². The van der Waals surface area contributed by atoms with E-state index in [1.54, 1.807) is 31.2 Å². The minimum absolute atomic E-state index is 0.0388. The second-order valence-corrected chi connectivity index (χ2v) is 9.85. The largest absolute Gasteiger partial charge is 0.493 e. The Kier molecular flexibility index (Phi) is 9.74. The first-order chi connectivity index (χ1) is 19.8. The summed E-state index contributed by atoms with van der Waals surface area (Å²) in [6.45, 7) is 1.95. The number of amides is 2. The van der Waals surface area contributed by atoms with E-state index in [2.05, 4.69) is 20.6 Å². The quantitative estimate of drug-likeness (QED) is 0.157. The van der Waals surface area contributed by atoms with Gasteiger partial charge in [-0.3, -0.25) is 9.59 Å². The average Bonchev–Trinajstić information content (AvgIpc) is 3.60. The summed E-state index contributed by atoms with van der Waals surface area (Å²) in [5.74, 6) is -1.80. The first-order valence-corrected chi connectivity index (χ1v) is 13.6. The lowest BCUT2D eigenvalue weighted by atomic mass is 9.95. The Morgan fingerprint density at radius 3 is 2.59 bits per heavy atom. The lowest BCUT2D eigenvalue weighted by Gasteiger charge is -2.12. The van der Waals surface area contributed by atoms with E-state index in [0.717, 1.165) is 36.1 Å². The maximum absolute atomic E-state index is 12.6. The van der Waals surface area contributed by atoms with E-state index in [4.69, 9.17) is 18.6 Å². The van der Waals surface area contributed by atoms with Crippen molar-refractivity contribution in [3.05, 3.63) is 63.4 Å². The SMILES string of the molecule is CCOC(=O)c1c(NC(=O)C(=O)NN=Cc2ccc(OCc3ccc(C(=O)OC)o3)c(OC)c2)sc2c1CCCC2. The lowest BCUT2D eigenvalue weighted by Crippen LogP contribution is -2.32. The van der Waals surface area contributed by atoms with Crippen molar-refractivity contribution in [1.82, 2.24) is 5.43 Å². The highest BCUT2D eigenvalue weighted by Crippen LogP contribution is 2.38. The van der Waals surface area contributed by atoms with Crippen molar-refractivity contribution < 1.29 is 42.5 Å². The number of fused-ring (bicyclic) bond motifs is 1. The van der Waals surface area contributed by atoms with Crippen molar-refractivity contribution in [2.75, 3.05) is 26.1 Å². The maximum Gasteiger partial charge on any atom is 0.373 e. The second kappa shape index (κ2) is 13.6. The normalized spacial score (nSPS) is 12.4. The summed E-state index contributed by atoms with van der Waals surface area (Å²) in [4.78, 5) is 50.1. The number of furan rings is 1. The van der Waals surface area contributed by atoms with Gasteiger partial charge in [0.05, 0.1) is 32.6 Å². The minimum atomic E-state index is -1.00. The molecule has 0 saturated carbocycles. The predicted molar refractivity (Wildman–Crippen MR) is 149 cm³/mol. The molecule has 2 amide bonds. The summed E-state index contributed by atoms with van der Waals surface area (Å²) >= 11 is 1.29. The topological polar surface area (TPSA) is 155 Å². The summed E-state index contributed by atoms with van der Waals surface area (Å²) in [6, 6.07) is 8.01. The van der Waals surface area contributed by atoms with Gasteiger partial charge in [-0.25, -0.2) is 15.0 Å². The van der Waals surface area contributed by atoms with E-state index in [-0.39, 0.29) is 19.0 Å². The molecule has 3 aromatic rings. The predicted octanol–water partition coefficient (Wildman–Crippen LogP) is 3.86. The van der Waals surface area contributed by atoms with Gasteiger partial charge >= 0.3 is 23.8 Å². The highest BCUT2D eigenvalue weighted by atomic mass is 32.1. The van der Waals surface area contributed by atoms with Gasteiger partial charge in [-0.1, -0.05) is 0 Å². The molecule has 216 valence electrons. The molecule has 2 heterocycles. The number of ether oxygens (including phenoxy) is 4. The standard InChI is InChI=1S/C28H29N3O9S/c1-4-38-28(35)23-18-7-5-6-8-22(18)41-26(23)30-24(32)25(33)31-29-14-16-9-11-19(21(13-16)36-2)39-15-17-10-12-20(40-17)27(34)37-3/h9-14H,4-8,15H2,1-3H3,(H,30,32)(H,31,33). The number of thiophene rings is 1. The second-order valence-electron chi connectivity index (χ2n) is 8.75. The molecular formula is C28H29N3O9S. The zero-order valence-electron chi connectivity index (χ0n) is 22.7. The molecule has 0 bridgehead atoms. The van der Waals surface area contributed by atoms with Crippen molar-refractivity contribution in [2.45, 2.75) is 39.2 Å². The molecule has 0 radical (unpaired) electrons. The monoisotopic (exact) mass is 583 g/mol. The van der Waals surface area contributed by atoms with Crippen LogP contribution in [-0.2, 0) is 38.5 Å². The third-order valence-electron chi connectivity index (χ3n) is 6.07. The van der Waals surface area contributed by atoms with Crippen LogP contribution in [0.4, 0.5) is 5.00 Å². The molecule has 0 atom stereocenters. The molecule has 4 rings (SSSR count). The van der Waals surface area contributed by atoms with Crippen LogP contribution in [0.15, 0.2) is 39.9 Å². The van der Waals surface area contributed by atoms with Crippen LogP contribution in [0.2, 0.25) is 0 Å². The van der Waals surface area contributed by atoms with Crippen LogP contribution in [0.1, 0.15) is 62.4 Å². The van der Waals surface area contributed by atoms with Crippen LogP contribution in [0, 0.1) is 0 Å². The third kappa shape index (κ3) is 7.11. The summed E-state index contributed by atoms with van der Waals surface area (Å²) < 4.78 is 26.3. The van der Waals surface area contributed by atoms with Crippen molar-refractivity contribution in [3.8, 4) is 11.5 Å². The van der Waals surface area contributed by atoms with E-state index in [0.29, 0.717) is 33.4 Å². The molecule has 1 aliphatic carbocycles. The van der Waals surface area contributed by atoms with E-state index in [1.807, 2.05) is 0 Å². The number of methoxy groups -OCH3 is 2. The number of rotatable bonds is 10. The summed E-state index contributed by atoms with van der Waals surface area (Å²) in [6.07, 6.45) is 4.81. The Hall–Kier alpha value is -4.65. The lowest BCUT2D eigenvalue weighted by molar-refractivity contribution is -0.136. The summed E-state index contributed by atoms with van der Waals surface area (Å²) in [7, 11) is 2.72. The van der Waals surface area contributed by atoms with Gasteiger partial charge in [0.2, 0.25) is 5.76 Å². The maximum atomic E-state index is 12.6. The number of carbonyl (C=O) groups excluding carboxylic acids is 4. The fourth-order valence-electron chi connectivity index (χ4n) is 4.15. The van der Waals surface area contributed by atoms with Gasteiger partial charge in [-0.05, 0) is 74.1 Å². The van der Waals surface area contributed by atoms with Crippen molar-refractivity contribution in [3.63, 3.8) is 0 Å². The number of nitrogens with one attached hydrogen (secondary N) is 2. The molecule has 41 heavy (non-hydrogen) atoms. The van der Waals surface area contributed by atoms with E-state index in [9.17, 15) is 19.2 Å². The number of anilines is 1. The smallest absolute Gasteiger partial charge is 0.373 e. The van der Waals surface area contributed by atoms with Crippen molar-refractivity contribution >= 4 is 46.3 Å². The summed E-state index contributed by atoms with van der Waals surface area (Å²) in [5.41, 5.74) is 3.94. The first kappa shape index (κ1) is 29.3. The van der Waals surface area contributed by atoms with E-state index >= 15 is 0 Å². The number of hydrogen-bond acceptors (Lipinski definition) is 11. The Morgan fingerprint density at radius 1 is 1.02 bits per heavy atom. The van der Waals surface area contributed by atoms with Crippen LogP contribution in [0.3, 0.4) is 0 Å². The Morgan fingerprint density at radius 2 is 1.83 bits per heavy atom. The van der Waals surface area contributed by atoms with Crippen molar-refractivity contribution in [2.24, 2.45) is 5.10 Å². The number of carbonyl (C=O) groups is 4. The van der Waals surface area contributed by atoms with Crippen LogP contribution < -0.4 is 20.2 Å². The number of nitrogens with zero attached hydrogens (tertiary/aromatic N) is 1. The Balaban J connectivity index is 1.36. The van der Waals surface area contributed by atoms with E-state index < -0.39 is 23.8 Å². The molecule has 2 N–H and O–H groups in total. The third-order valence-corrected chi connectivity index (χ3v) is 7.28. The Bertz CT molecular complexity index is 1470. The van der Waals surface area contributed by atoms with Crippen molar-refractivity contribution in [1.29, 1.82) is 0 Å². The van der Waals surface area contributed by atoms with Crippen LogP contribution >= 0.6 is 11.3 Å². The average molecular weight is 584 g/mol. The molecular weight excluding hydrogens is 554 g/mol. The first-order valence-electron chi connectivity index (χ1n) is 12.8. The number of hydrazone groups is 1. The molecule has 0 aliphatic heterocycles. The summed E-state index contributed by atoms with van der Waals surface area (Å²) in [5, 5.41) is 6.70. The van der Waals surface area contributed by atoms with Gasteiger partial charge in [-0.15, -0.1) is 11.3 Å². The highest BCUT2D eigenvalue weighted by Gasteiger charge is 2.28. The number of esters is 2.